The summed E-state index contributed by atoms with van der Waals surface area (Å²) in [6, 6.07) is -0.849. The molecule has 0 heterocycles. The van der Waals surface area contributed by atoms with E-state index < -0.39 is 17.4 Å². The van der Waals surface area contributed by atoms with Crippen molar-refractivity contribution in [2.75, 3.05) is 0 Å². The molecule has 0 aromatic carbocycles. The molecule has 0 saturated heterocycles. The summed E-state index contributed by atoms with van der Waals surface area (Å²) in [4.78, 5) is 23.5. The number of rotatable bonds is 7. The van der Waals surface area contributed by atoms with E-state index in [-0.39, 0.29) is 11.3 Å². The van der Waals surface area contributed by atoms with E-state index in [4.69, 9.17) is 0 Å². The summed E-state index contributed by atoms with van der Waals surface area (Å²) in [7, 11) is 0. The van der Waals surface area contributed by atoms with Crippen molar-refractivity contribution in [3.8, 4) is 0 Å². The number of nitrogens with one attached hydrogen (secondary N) is 1. The van der Waals surface area contributed by atoms with Crippen molar-refractivity contribution in [3.05, 3.63) is 12.2 Å². The van der Waals surface area contributed by atoms with Crippen LogP contribution in [-0.4, -0.2) is 23.0 Å². The summed E-state index contributed by atoms with van der Waals surface area (Å²) in [5.41, 5.74) is 0.339. The summed E-state index contributed by atoms with van der Waals surface area (Å²) in [6.07, 6.45) is 1.66. The van der Waals surface area contributed by atoms with Crippen LogP contribution < -0.4 is 5.32 Å². The van der Waals surface area contributed by atoms with E-state index in [0.29, 0.717) is 19.3 Å². The highest BCUT2D eigenvalue weighted by molar-refractivity contribution is 5.86. The Labute approximate surface area is 122 Å². The van der Waals surface area contributed by atoms with Crippen molar-refractivity contribution < 1.29 is 14.7 Å². The molecule has 0 saturated carbocycles. The van der Waals surface area contributed by atoms with Gasteiger partial charge in [0.2, 0.25) is 5.91 Å². The highest BCUT2D eigenvalue weighted by Crippen LogP contribution is 2.33. The smallest absolute Gasteiger partial charge is 0.326 e. The molecule has 0 aliphatic heterocycles. The van der Waals surface area contributed by atoms with Crippen LogP contribution in [0.3, 0.4) is 0 Å². The highest BCUT2D eigenvalue weighted by Gasteiger charge is 2.34. The van der Waals surface area contributed by atoms with Gasteiger partial charge in [0, 0.05) is 5.41 Å². The maximum absolute atomic E-state index is 12.3. The zero-order valence-electron chi connectivity index (χ0n) is 13.7. The molecule has 0 aliphatic rings. The topological polar surface area (TPSA) is 66.4 Å². The van der Waals surface area contributed by atoms with Gasteiger partial charge in [0.25, 0.3) is 0 Å². The number of amides is 1. The Kier molecular flexibility index (Phi) is 6.45. The van der Waals surface area contributed by atoms with Gasteiger partial charge in [-0.25, -0.2) is 4.79 Å². The van der Waals surface area contributed by atoms with Crippen LogP contribution in [0.25, 0.3) is 0 Å². The van der Waals surface area contributed by atoms with Gasteiger partial charge in [-0.1, -0.05) is 40.2 Å². The first kappa shape index (κ1) is 18.7. The third-order valence-corrected chi connectivity index (χ3v) is 3.05. The predicted octanol–water partition coefficient (Wildman–Crippen LogP) is 3.37. The number of carboxylic acids is 1. The first-order valence-corrected chi connectivity index (χ1v) is 7.03. The lowest BCUT2D eigenvalue weighted by Gasteiger charge is -2.32. The molecule has 1 unspecified atom stereocenters. The van der Waals surface area contributed by atoms with E-state index in [0.717, 1.165) is 5.57 Å². The Hall–Kier alpha value is -1.32. The molecule has 0 radical (unpaired) electrons. The van der Waals surface area contributed by atoms with E-state index in [1.54, 1.807) is 0 Å². The van der Waals surface area contributed by atoms with Crippen LogP contribution in [0.2, 0.25) is 0 Å². The number of hydrogen-bond acceptors (Lipinski definition) is 2. The third kappa shape index (κ3) is 7.31. The second-order valence-corrected chi connectivity index (χ2v) is 7.48. The van der Waals surface area contributed by atoms with Crippen molar-refractivity contribution in [2.45, 2.75) is 66.8 Å². The Morgan fingerprint density at radius 3 is 2.05 bits per heavy atom. The maximum Gasteiger partial charge on any atom is 0.326 e. The minimum Gasteiger partial charge on any atom is -0.480 e. The van der Waals surface area contributed by atoms with Gasteiger partial charge in [-0.3, -0.25) is 4.79 Å². The van der Waals surface area contributed by atoms with Crippen LogP contribution in [0, 0.1) is 10.8 Å². The second-order valence-electron chi connectivity index (χ2n) is 7.48. The zero-order chi connectivity index (χ0) is 16.1. The largest absolute Gasteiger partial charge is 0.480 e. The van der Waals surface area contributed by atoms with Gasteiger partial charge < -0.3 is 10.4 Å². The molecule has 2 N–H and O–H groups in total. The van der Waals surface area contributed by atoms with Gasteiger partial charge in [-0.05, 0) is 31.6 Å². The zero-order valence-corrected chi connectivity index (χ0v) is 13.7. The quantitative estimate of drug-likeness (QED) is 0.704. The van der Waals surface area contributed by atoms with Crippen LogP contribution in [-0.2, 0) is 9.59 Å². The molecule has 1 amide bonds. The molecule has 0 aromatic rings. The Bertz CT molecular complexity index is 378. The molecule has 4 heteroatoms. The fourth-order valence-corrected chi connectivity index (χ4v) is 2.41. The fraction of sp³-hybridized carbons (Fsp3) is 0.750. The van der Waals surface area contributed by atoms with Crippen molar-refractivity contribution in [1.82, 2.24) is 5.32 Å². The first-order chi connectivity index (χ1) is 8.85. The van der Waals surface area contributed by atoms with Gasteiger partial charge in [0.05, 0.1) is 0 Å². The number of carbonyl (C=O) groups is 2. The van der Waals surface area contributed by atoms with Gasteiger partial charge in [-0.15, -0.1) is 6.58 Å². The third-order valence-electron chi connectivity index (χ3n) is 3.05. The van der Waals surface area contributed by atoms with E-state index in [2.05, 4.69) is 32.7 Å². The Morgan fingerprint density at radius 1 is 1.20 bits per heavy atom. The van der Waals surface area contributed by atoms with E-state index in [1.165, 1.54) is 0 Å². The van der Waals surface area contributed by atoms with E-state index in [1.807, 2.05) is 20.8 Å². The Morgan fingerprint density at radius 2 is 1.70 bits per heavy atom. The standard InChI is InChI=1S/C16H29NO3/c1-11(2)8-9-12(13(18)19)17-14(20)16(6,7)10-15(3,4)5/h12H,1,8-10H2,2-7H3,(H,17,20)(H,18,19). The summed E-state index contributed by atoms with van der Waals surface area (Å²) in [6.45, 7) is 15.5. The summed E-state index contributed by atoms with van der Waals surface area (Å²) in [5, 5.41) is 11.8. The Balaban J connectivity index is 4.74. The van der Waals surface area contributed by atoms with Crippen LogP contribution in [0.1, 0.15) is 60.8 Å². The van der Waals surface area contributed by atoms with E-state index >= 15 is 0 Å². The summed E-state index contributed by atoms with van der Waals surface area (Å²) in [5.74, 6) is -1.20. The molecule has 0 fully saturated rings. The van der Waals surface area contributed by atoms with Crippen LogP contribution in [0.15, 0.2) is 12.2 Å². The molecule has 0 aliphatic carbocycles. The molecule has 0 spiro atoms. The SMILES string of the molecule is C=C(C)CCC(NC(=O)C(C)(C)CC(C)(C)C)C(=O)O. The lowest BCUT2D eigenvalue weighted by atomic mass is 9.75. The molecule has 0 bridgehead atoms. The average Bonchev–Trinajstić information content (AvgIpc) is 2.19. The second kappa shape index (κ2) is 6.91. The van der Waals surface area contributed by atoms with Crippen LogP contribution >= 0.6 is 0 Å². The van der Waals surface area contributed by atoms with E-state index in [9.17, 15) is 14.7 Å². The highest BCUT2D eigenvalue weighted by atomic mass is 16.4. The number of aliphatic carboxylic acids is 1. The van der Waals surface area contributed by atoms with Crippen molar-refractivity contribution in [2.24, 2.45) is 10.8 Å². The van der Waals surface area contributed by atoms with Gasteiger partial charge in [-0.2, -0.15) is 0 Å². The van der Waals surface area contributed by atoms with Crippen molar-refractivity contribution >= 4 is 11.9 Å². The van der Waals surface area contributed by atoms with Crippen molar-refractivity contribution in [1.29, 1.82) is 0 Å². The molecule has 116 valence electrons. The number of carbonyl (C=O) groups excluding carboxylic acids is 1. The lowest BCUT2D eigenvalue weighted by molar-refractivity contribution is -0.144. The minimum absolute atomic E-state index is 0.0112. The molecule has 0 aromatic heterocycles. The van der Waals surface area contributed by atoms with Crippen molar-refractivity contribution in [3.63, 3.8) is 0 Å². The molecule has 4 nitrogen and oxygen atoms in total. The summed E-state index contributed by atoms with van der Waals surface area (Å²) < 4.78 is 0. The predicted molar refractivity (Wildman–Crippen MR) is 81.5 cm³/mol. The average molecular weight is 283 g/mol. The molecule has 20 heavy (non-hydrogen) atoms. The number of carboxylic acid groups (broad SMARTS) is 1. The lowest BCUT2D eigenvalue weighted by Crippen LogP contribution is -2.47. The van der Waals surface area contributed by atoms with Crippen LogP contribution in [0.4, 0.5) is 0 Å². The van der Waals surface area contributed by atoms with Crippen LogP contribution in [0.5, 0.6) is 0 Å². The maximum atomic E-state index is 12.3. The normalized spacial score (nSPS) is 13.7. The number of allylic oxidation sites excluding steroid dienone is 1. The van der Waals surface area contributed by atoms with Gasteiger partial charge in [0.15, 0.2) is 0 Å². The molecule has 1 atom stereocenters. The van der Waals surface area contributed by atoms with Gasteiger partial charge >= 0.3 is 5.97 Å². The molecular weight excluding hydrogens is 254 g/mol. The van der Waals surface area contributed by atoms with Gasteiger partial charge in [0.1, 0.15) is 6.04 Å². The fourth-order valence-electron chi connectivity index (χ4n) is 2.41. The molecule has 0 rings (SSSR count). The number of hydrogen-bond donors (Lipinski definition) is 2. The monoisotopic (exact) mass is 283 g/mol. The molecular formula is C16H29NO3. The minimum atomic E-state index is -0.994. The summed E-state index contributed by atoms with van der Waals surface area (Å²) >= 11 is 0. The first-order valence-electron chi connectivity index (χ1n) is 7.03.